The number of rotatable bonds is 8. The molecule has 1 fully saturated rings. The summed E-state index contributed by atoms with van der Waals surface area (Å²) in [4.78, 5) is 4.88. The van der Waals surface area contributed by atoms with Crippen LogP contribution in [0.2, 0.25) is 0 Å². The van der Waals surface area contributed by atoms with Crippen molar-refractivity contribution in [2.24, 2.45) is 0 Å². The van der Waals surface area contributed by atoms with Crippen LogP contribution in [0.4, 0.5) is 5.82 Å². The summed E-state index contributed by atoms with van der Waals surface area (Å²) in [6.45, 7) is 6.19. The van der Waals surface area contributed by atoms with Gasteiger partial charge in [0.2, 0.25) is 0 Å². The zero-order valence-electron chi connectivity index (χ0n) is 14.6. The Morgan fingerprint density at radius 3 is 3.04 bits per heavy atom. The van der Waals surface area contributed by atoms with Crippen LogP contribution in [0.15, 0.2) is 16.7 Å². The largest absolute Gasteiger partial charge is 0.376 e. The molecule has 1 aliphatic rings. The van der Waals surface area contributed by atoms with Gasteiger partial charge in [-0.05, 0) is 41.6 Å². The van der Waals surface area contributed by atoms with Gasteiger partial charge in [0.15, 0.2) is 5.65 Å². The van der Waals surface area contributed by atoms with E-state index in [-0.39, 0.29) is 0 Å². The lowest BCUT2D eigenvalue weighted by molar-refractivity contribution is 0.120. The molecule has 132 valence electrons. The molecule has 24 heavy (non-hydrogen) atoms. The van der Waals surface area contributed by atoms with Crippen molar-refractivity contribution < 1.29 is 4.74 Å². The van der Waals surface area contributed by atoms with Crippen LogP contribution in [-0.4, -0.2) is 33.9 Å². The van der Waals surface area contributed by atoms with Crippen molar-refractivity contribution in [2.45, 2.75) is 64.4 Å². The predicted octanol–water partition coefficient (Wildman–Crippen LogP) is 4.77. The first-order valence-corrected chi connectivity index (χ1v) is 9.91. The zero-order chi connectivity index (χ0) is 16.9. The van der Waals surface area contributed by atoms with Crippen LogP contribution in [0.3, 0.4) is 0 Å². The number of anilines is 1. The van der Waals surface area contributed by atoms with E-state index >= 15 is 0 Å². The molecule has 1 saturated heterocycles. The third-order valence-electron chi connectivity index (χ3n) is 4.80. The van der Waals surface area contributed by atoms with E-state index in [4.69, 9.17) is 9.72 Å². The van der Waals surface area contributed by atoms with Crippen LogP contribution in [-0.2, 0) is 4.74 Å². The summed E-state index contributed by atoms with van der Waals surface area (Å²) in [5, 5.41) is 7.99. The van der Waals surface area contributed by atoms with E-state index in [1.807, 2.05) is 10.7 Å². The maximum Gasteiger partial charge on any atom is 0.171 e. The fourth-order valence-electron chi connectivity index (χ4n) is 3.33. The Balaban J connectivity index is 1.87. The van der Waals surface area contributed by atoms with Crippen molar-refractivity contribution >= 4 is 27.4 Å². The molecule has 1 unspecified atom stereocenters. The summed E-state index contributed by atoms with van der Waals surface area (Å²) in [7, 11) is 0. The molecule has 2 aromatic rings. The summed E-state index contributed by atoms with van der Waals surface area (Å²) in [5.41, 5.74) is 2.05. The monoisotopic (exact) mass is 394 g/mol. The molecule has 0 aromatic carbocycles. The van der Waals surface area contributed by atoms with E-state index in [2.05, 4.69) is 46.3 Å². The minimum absolute atomic E-state index is 0.303. The molecule has 2 atom stereocenters. The molecular formula is C18H27BrN4O. The highest BCUT2D eigenvalue weighted by Crippen LogP contribution is 2.29. The predicted molar refractivity (Wildman–Crippen MR) is 101 cm³/mol. The average Bonchev–Trinajstić information content (AvgIpc) is 3.24. The van der Waals surface area contributed by atoms with Gasteiger partial charge in [0, 0.05) is 30.8 Å². The summed E-state index contributed by atoms with van der Waals surface area (Å²) in [6, 6.07) is 2.17. The van der Waals surface area contributed by atoms with Gasteiger partial charge in [-0.1, -0.05) is 26.7 Å². The van der Waals surface area contributed by atoms with Gasteiger partial charge in [0.1, 0.15) is 5.82 Å². The Morgan fingerprint density at radius 1 is 1.46 bits per heavy atom. The molecule has 0 radical (unpaired) electrons. The molecule has 0 bridgehead atoms. The van der Waals surface area contributed by atoms with Gasteiger partial charge in [-0.3, -0.25) is 0 Å². The van der Waals surface area contributed by atoms with Crippen molar-refractivity contribution in [1.29, 1.82) is 0 Å². The summed E-state index contributed by atoms with van der Waals surface area (Å²) < 4.78 is 8.55. The van der Waals surface area contributed by atoms with Crippen molar-refractivity contribution in [3.8, 4) is 0 Å². The first-order valence-electron chi connectivity index (χ1n) is 9.12. The topological polar surface area (TPSA) is 51.5 Å². The molecule has 2 aromatic heterocycles. The first kappa shape index (κ1) is 17.7. The number of nitrogens with one attached hydrogen (secondary N) is 1. The van der Waals surface area contributed by atoms with Gasteiger partial charge in [-0.2, -0.15) is 9.61 Å². The number of ether oxygens (including phenoxy) is 1. The number of nitrogens with zero attached hydrogens (tertiary/aromatic N) is 3. The summed E-state index contributed by atoms with van der Waals surface area (Å²) in [5.74, 6) is 1.51. The molecule has 1 N–H and O–H groups in total. The Bertz CT molecular complexity index is 666. The van der Waals surface area contributed by atoms with Gasteiger partial charge >= 0.3 is 0 Å². The van der Waals surface area contributed by atoms with E-state index in [0.717, 1.165) is 54.0 Å². The van der Waals surface area contributed by atoms with Gasteiger partial charge in [0.05, 0.1) is 16.8 Å². The van der Waals surface area contributed by atoms with Crippen molar-refractivity contribution in [3.05, 3.63) is 22.4 Å². The number of hydrogen-bond donors (Lipinski definition) is 1. The first-order chi connectivity index (χ1) is 11.7. The fraction of sp³-hybridized carbons (Fsp3) is 0.667. The standard InChI is InChI=1S/C18H27BrN4O/c1-3-5-7-13(4-2)16-10-17(20-11-14-8-6-9-24-14)23-18(22-16)15(19)12-21-23/h10,12-14,20H,3-9,11H2,1-2H3/t13?,14-/m0/s1. The Hall–Kier alpha value is -1.14. The molecule has 5 nitrogen and oxygen atoms in total. The third-order valence-corrected chi connectivity index (χ3v) is 5.36. The number of fused-ring (bicyclic) bond motifs is 1. The minimum Gasteiger partial charge on any atom is -0.376 e. The SMILES string of the molecule is CCCCC(CC)c1cc(NC[C@@H]2CCCO2)n2ncc(Br)c2n1. The third kappa shape index (κ3) is 3.91. The van der Waals surface area contributed by atoms with E-state index in [0.29, 0.717) is 12.0 Å². The number of halogens is 1. The van der Waals surface area contributed by atoms with Gasteiger partial charge in [-0.15, -0.1) is 0 Å². The van der Waals surface area contributed by atoms with E-state index < -0.39 is 0 Å². The zero-order valence-corrected chi connectivity index (χ0v) is 16.2. The molecule has 3 heterocycles. The quantitative estimate of drug-likeness (QED) is 0.700. The molecule has 0 saturated carbocycles. The molecule has 6 heteroatoms. The highest BCUT2D eigenvalue weighted by atomic mass is 79.9. The molecule has 0 aliphatic carbocycles. The average molecular weight is 395 g/mol. The van der Waals surface area contributed by atoms with E-state index in [1.165, 1.54) is 19.3 Å². The smallest absolute Gasteiger partial charge is 0.171 e. The normalized spacial score (nSPS) is 19.0. The molecule has 0 spiro atoms. The number of unbranched alkanes of at least 4 members (excludes halogenated alkanes) is 1. The summed E-state index contributed by atoms with van der Waals surface area (Å²) >= 11 is 3.58. The molecule has 0 amide bonds. The van der Waals surface area contributed by atoms with Crippen LogP contribution >= 0.6 is 15.9 Å². The second kappa shape index (κ2) is 8.30. The maximum absolute atomic E-state index is 5.73. The van der Waals surface area contributed by atoms with E-state index in [9.17, 15) is 0 Å². The van der Waals surface area contributed by atoms with Crippen LogP contribution in [0.25, 0.3) is 5.65 Å². The van der Waals surface area contributed by atoms with Crippen LogP contribution in [0.1, 0.15) is 64.0 Å². The number of aromatic nitrogens is 3. The molecule has 3 rings (SSSR count). The van der Waals surface area contributed by atoms with Crippen LogP contribution in [0.5, 0.6) is 0 Å². The second-order valence-corrected chi connectivity index (χ2v) is 7.41. The van der Waals surface area contributed by atoms with Crippen LogP contribution < -0.4 is 5.32 Å². The lowest BCUT2D eigenvalue weighted by atomic mass is 9.95. The second-order valence-electron chi connectivity index (χ2n) is 6.56. The minimum atomic E-state index is 0.303. The highest BCUT2D eigenvalue weighted by molar-refractivity contribution is 9.10. The van der Waals surface area contributed by atoms with Crippen molar-refractivity contribution in [1.82, 2.24) is 14.6 Å². The lowest BCUT2D eigenvalue weighted by Gasteiger charge is -2.18. The Labute approximate surface area is 152 Å². The lowest BCUT2D eigenvalue weighted by Crippen LogP contribution is -2.20. The molecule has 1 aliphatic heterocycles. The summed E-state index contributed by atoms with van der Waals surface area (Å²) in [6.07, 6.45) is 9.17. The van der Waals surface area contributed by atoms with Crippen molar-refractivity contribution in [2.75, 3.05) is 18.5 Å². The van der Waals surface area contributed by atoms with Gasteiger partial charge in [-0.25, -0.2) is 4.98 Å². The van der Waals surface area contributed by atoms with Crippen molar-refractivity contribution in [3.63, 3.8) is 0 Å². The van der Waals surface area contributed by atoms with Gasteiger partial charge < -0.3 is 10.1 Å². The fourth-order valence-corrected chi connectivity index (χ4v) is 3.67. The number of hydrogen-bond acceptors (Lipinski definition) is 4. The highest BCUT2D eigenvalue weighted by Gasteiger charge is 2.19. The van der Waals surface area contributed by atoms with E-state index in [1.54, 1.807) is 0 Å². The Kier molecular flexibility index (Phi) is 6.11. The van der Waals surface area contributed by atoms with Gasteiger partial charge in [0.25, 0.3) is 0 Å². The maximum atomic E-state index is 5.73. The molecular weight excluding hydrogens is 368 g/mol. The van der Waals surface area contributed by atoms with Crippen LogP contribution in [0, 0.1) is 0 Å². The Morgan fingerprint density at radius 2 is 2.33 bits per heavy atom.